The second kappa shape index (κ2) is 11.7. The number of anilines is 1. The maximum absolute atomic E-state index is 12.6. The Kier molecular flexibility index (Phi) is 8.44. The fourth-order valence-electron chi connectivity index (χ4n) is 2.99. The fraction of sp³-hybridized carbons (Fsp3) is 0.148. The molecule has 0 fully saturated rings. The van der Waals surface area contributed by atoms with E-state index in [-0.39, 0.29) is 12.2 Å². The van der Waals surface area contributed by atoms with Gasteiger partial charge >= 0.3 is 5.97 Å². The van der Waals surface area contributed by atoms with Crippen LogP contribution in [-0.4, -0.2) is 18.5 Å². The minimum atomic E-state index is -0.581. The Morgan fingerprint density at radius 1 is 1.06 bits per heavy atom. The van der Waals surface area contributed by atoms with Crippen molar-refractivity contribution >= 4 is 35.2 Å². The maximum atomic E-state index is 12.6. The molecule has 0 aliphatic rings. The van der Waals surface area contributed by atoms with Gasteiger partial charge in [-0.25, -0.2) is 4.79 Å². The van der Waals surface area contributed by atoms with Crippen molar-refractivity contribution in [2.45, 2.75) is 20.5 Å². The highest BCUT2D eigenvalue weighted by molar-refractivity contribution is 6.32. The van der Waals surface area contributed by atoms with E-state index in [2.05, 4.69) is 5.32 Å². The van der Waals surface area contributed by atoms with Crippen molar-refractivity contribution in [1.82, 2.24) is 0 Å². The number of hydrogen-bond acceptors (Lipinski definition) is 5. The van der Waals surface area contributed by atoms with E-state index in [4.69, 9.17) is 21.1 Å². The third-order valence-corrected chi connectivity index (χ3v) is 5.10. The number of nitrogens with one attached hydrogen (secondary N) is 1. The van der Waals surface area contributed by atoms with Crippen molar-refractivity contribution in [1.29, 1.82) is 5.26 Å². The number of benzene rings is 3. The molecule has 3 aromatic carbocycles. The summed E-state index contributed by atoms with van der Waals surface area (Å²) in [6.45, 7) is 4.39. The molecule has 7 heteroatoms. The number of ether oxygens (including phenoxy) is 2. The third kappa shape index (κ3) is 6.71. The predicted octanol–water partition coefficient (Wildman–Crippen LogP) is 5.95. The van der Waals surface area contributed by atoms with Crippen molar-refractivity contribution in [3.8, 4) is 11.8 Å². The molecule has 3 aromatic rings. The molecule has 0 atom stereocenters. The molecule has 1 amide bonds. The van der Waals surface area contributed by atoms with Gasteiger partial charge in [-0.15, -0.1) is 0 Å². The lowest BCUT2D eigenvalue weighted by atomic mass is 10.1. The number of esters is 1. The average molecular weight is 475 g/mol. The number of halogens is 1. The zero-order valence-electron chi connectivity index (χ0n) is 18.8. The zero-order chi connectivity index (χ0) is 24.5. The van der Waals surface area contributed by atoms with Crippen LogP contribution < -0.4 is 10.1 Å². The molecule has 6 nitrogen and oxygen atoms in total. The molecular weight excluding hydrogens is 452 g/mol. The quantitative estimate of drug-likeness (QED) is 0.247. The number of rotatable bonds is 8. The highest BCUT2D eigenvalue weighted by Gasteiger charge is 2.12. The van der Waals surface area contributed by atoms with Crippen molar-refractivity contribution < 1.29 is 19.1 Å². The summed E-state index contributed by atoms with van der Waals surface area (Å²) >= 11 is 6.34. The first-order chi connectivity index (χ1) is 16.4. The van der Waals surface area contributed by atoms with Crippen LogP contribution in [0.5, 0.6) is 5.75 Å². The number of amides is 1. The van der Waals surface area contributed by atoms with Gasteiger partial charge in [0.15, 0.2) is 0 Å². The first-order valence-corrected chi connectivity index (χ1v) is 11.0. The number of nitriles is 1. The van der Waals surface area contributed by atoms with Gasteiger partial charge in [-0.1, -0.05) is 47.5 Å². The van der Waals surface area contributed by atoms with Gasteiger partial charge in [-0.3, -0.25) is 4.79 Å². The summed E-state index contributed by atoms with van der Waals surface area (Å²) in [5.74, 6) is -0.521. The molecule has 0 radical (unpaired) electrons. The normalized spacial score (nSPS) is 10.8. The lowest BCUT2D eigenvalue weighted by Crippen LogP contribution is -2.13. The second-order valence-corrected chi connectivity index (χ2v) is 7.79. The van der Waals surface area contributed by atoms with Gasteiger partial charge in [0, 0.05) is 5.69 Å². The number of aryl methyl sites for hydroxylation is 1. The van der Waals surface area contributed by atoms with E-state index in [1.807, 2.05) is 37.3 Å². The Morgan fingerprint density at radius 3 is 2.38 bits per heavy atom. The summed E-state index contributed by atoms with van der Waals surface area (Å²) in [7, 11) is 0. The van der Waals surface area contributed by atoms with Crippen LogP contribution in [-0.2, 0) is 16.1 Å². The molecule has 0 saturated heterocycles. The maximum Gasteiger partial charge on any atom is 0.338 e. The standard InChI is InChI=1S/C27H23ClN2O4/c1-3-33-27(32)21-9-11-23(12-10-21)30-26(31)22(16-29)14-20-8-13-25(24(28)15-20)34-17-19-6-4-18(2)5-7-19/h4-15H,3,17H2,1-2H3,(H,30,31)/b22-14+. The molecule has 0 aliphatic heterocycles. The number of carbonyl (C=O) groups excluding carboxylic acids is 2. The van der Waals surface area contributed by atoms with Crippen molar-refractivity contribution in [2.75, 3.05) is 11.9 Å². The van der Waals surface area contributed by atoms with Crippen LogP contribution >= 0.6 is 11.6 Å². The van der Waals surface area contributed by atoms with Crippen molar-refractivity contribution in [3.05, 3.63) is 99.6 Å². The molecule has 0 saturated carbocycles. The summed E-state index contributed by atoms with van der Waals surface area (Å²) in [5.41, 5.74) is 3.48. The first-order valence-electron chi connectivity index (χ1n) is 10.6. The minimum absolute atomic E-state index is 0.0983. The van der Waals surface area contributed by atoms with E-state index in [9.17, 15) is 14.9 Å². The zero-order valence-corrected chi connectivity index (χ0v) is 19.6. The van der Waals surface area contributed by atoms with Gasteiger partial charge in [0.05, 0.1) is 17.2 Å². The van der Waals surface area contributed by atoms with Gasteiger partial charge in [0.1, 0.15) is 24.0 Å². The smallest absolute Gasteiger partial charge is 0.338 e. The van der Waals surface area contributed by atoms with E-state index in [0.29, 0.717) is 34.2 Å². The first kappa shape index (κ1) is 24.6. The molecule has 0 heterocycles. The van der Waals surface area contributed by atoms with Crippen LogP contribution in [0.3, 0.4) is 0 Å². The summed E-state index contributed by atoms with van der Waals surface area (Å²) < 4.78 is 10.7. The van der Waals surface area contributed by atoms with Gasteiger partial charge in [0.25, 0.3) is 5.91 Å². The number of hydrogen-bond donors (Lipinski definition) is 1. The Balaban J connectivity index is 1.66. The summed E-state index contributed by atoms with van der Waals surface area (Å²) in [4.78, 5) is 24.3. The molecule has 3 rings (SSSR count). The van der Waals surface area contributed by atoms with Crippen LogP contribution in [0.25, 0.3) is 6.08 Å². The SMILES string of the molecule is CCOC(=O)c1ccc(NC(=O)/C(C#N)=C/c2ccc(OCc3ccc(C)cc3)c(Cl)c2)cc1. The molecule has 34 heavy (non-hydrogen) atoms. The third-order valence-electron chi connectivity index (χ3n) is 4.80. The number of carbonyl (C=O) groups is 2. The highest BCUT2D eigenvalue weighted by atomic mass is 35.5. The second-order valence-electron chi connectivity index (χ2n) is 7.39. The average Bonchev–Trinajstić information content (AvgIpc) is 2.83. The van der Waals surface area contributed by atoms with Gasteiger partial charge in [0.2, 0.25) is 0 Å². The minimum Gasteiger partial charge on any atom is -0.487 e. The molecule has 1 N–H and O–H groups in total. The largest absolute Gasteiger partial charge is 0.487 e. The predicted molar refractivity (Wildman–Crippen MR) is 132 cm³/mol. The molecule has 0 bridgehead atoms. The highest BCUT2D eigenvalue weighted by Crippen LogP contribution is 2.27. The van der Waals surface area contributed by atoms with Crippen LogP contribution in [0.15, 0.2) is 72.3 Å². The molecule has 0 unspecified atom stereocenters. The monoisotopic (exact) mass is 474 g/mol. The lowest BCUT2D eigenvalue weighted by molar-refractivity contribution is -0.112. The molecule has 172 valence electrons. The van der Waals surface area contributed by atoms with Crippen LogP contribution in [0.4, 0.5) is 5.69 Å². The Bertz CT molecular complexity index is 1240. The Labute approximate surface area is 203 Å². The number of nitrogens with zero attached hydrogens (tertiary/aromatic N) is 1. The van der Waals surface area contributed by atoms with Crippen LogP contribution in [0.1, 0.15) is 34.0 Å². The molecule has 0 spiro atoms. The Morgan fingerprint density at radius 2 is 1.76 bits per heavy atom. The van der Waals surface area contributed by atoms with Gasteiger partial charge in [-0.2, -0.15) is 5.26 Å². The van der Waals surface area contributed by atoms with Crippen LogP contribution in [0, 0.1) is 18.3 Å². The van der Waals surface area contributed by atoms with Crippen molar-refractivity contribution in [3.63, 3.8) is 0 Å². The molecular formula is C27H23ClN2O4. The summed E-state index contributed by atoms with van der Waals surface area (Å²) in [6, 6.07) is 21.2. The van der Waals surface area contributed by atoms with E-state index < -0.39 is 11.9 Å². The molecule has 0 aromatic heterocycles. The van der Waals surface area contributed by atoms with Gasteiger partial charge < -0.3 is 14.8 Å². The fourth-order valence-corrected chi connectivity index (χ4v) is 3.23. The lowest BCUT2D eigenvalue weighted by Gasteiger charge is -2.09. The summed E-state index contributed by atoms with van der Waals surface area (Å²) in [6.07, 6.45) is 1.44. The Hall–Kier alpha value is -4.08. The topological polar surface area (TPSA) is 88.4 Å². The summed E-state index contributed by atoms with van der Waals surface area (Å²) in [5, 5.41) is 12.5. The van der Waals surface area contributed by atoms with E-state index in [1.165, 1.54) is 11.6 Å². The van der Waals surface area contributed by atoms with Crippen LogP contribution in [0.2, 0.25) is 5.02 Å². The van der Waals surface area contributed by atoms with E-state index in [0.717, 1.165) is 5.56 Å². The van der Waals surface area contributed by atoms with E-state index >= 15 is 0 Å². The molecule has 0 aliphatic carbocycles. The van der Waals surface area contributed by atoms with Gasteiger partial charge in [-0.05, 0) is 67.4 Å². The van der Waals surface area contributed by atoms with E-state index in [1.54, 1.807) is 49.4 Å². The van der Waals surface area contributed by atoms with Crippen molar-refractivity contribution in [2.24, 2.45) is 0 Å².